The molecule has 0 amide bonds. The van der Waals surface area contributed by atoms with E-state index >= 15 is 0 Å². The molecule has 0 aliphatic heterocycles. The molecular weight excluding hydrogens is 357 g/mol. The Morgan fingerprint density at radius 3 is 2.71 bits per heavy atom. The SMILES string of the molecule is C[C@@H]1CCc2nc3ccccc3c(C(=O)OCC(=O)c3ccccc3F)c2C1. The van der Waals surface area contributed by atoms with Crippen LogP contribution in [0.15, 0.2) is 48.5 Å². The average molecular weight is 377 g/mol. The molecule has 4 nitrogen and oxygen atoms in total. The molecule has 0 unspecified atom stereocenters. The number of fused-ring (bicyclic) bond motifs is 2. The van der Waals surface area contributed by atoms with Crippen LogP contribution in [0, 0.1) is 11.7 Å². The fraction of sp³-hybridized carbons (Fsp3) is 0.261. The fourth-order valence-electron chi connectivity index (χ4n) is 3.76. The molecule has 3 aromatic rings. The maximum atomic E-state index is 13.8. The summed E-state index contributed by atoms with van der Waals surface area (Å²) in [7, 11) is 0. The fourth-order valence-corrected chi connectivity index (χ4v) is 3.76. The molecule has 28 heavy (non-hydrogen) atoms. The van der Waals surface area contributed by atoms with Gasteiger partial charge in [-0.25, -0.2) is 9.18 Å². The number of esters is 1. The van der Waals surface area contributed by atoms with Gasteiger partial charge in [-0.2, -0.15) is 0 Å². The Morgan fingerprint density at radius 1 is 1.14 bits per heavy atom. The minimum atomic E-state index is -0.621. The van der Waals surface area contributed by atoms with E-state index < -0.39 is 24.2 Å². The van der Waals surface area contributed by atoms with Crippen LogP contribution in [0.25, 0.3) is 10.9 Å². The van der Waals surface area contributed by atoms with Crippen molar-refractivity contribution < 1.29 is 18.7 Å². The first-order chi connectivity index (χ1) is 13.5. The molecular formula is C23H20FNO3. The molecule has 1 heterocycles. The summed E-state index contributed by atoms with van der Waals surface area (Å²) in [5.41, 5.74) is 2.96. The second-order valence-electron chi connectivity index (χ2n) is 7.26. The number of hydrogen-bond donors (Lipinski definition) is 0. The molecule has 142 valence electrons. The molecule has 0 saturated heterocycles. The Morgan fingerprint density at radius 2 is 1.89 bits per heavy atom. The lowest BCUT2D eigenvalue weighted by Gasteiger charge is -2.24. The molecule has 1 aliphatic rings. The van der Waals surface area contributed by atoms with Gasteiger partial charge in [0, 0.05) is 11.1 Å². The minimum Gasteiger partial charge on any atom is -0.454 e. The van der Waals surface area contributed by atoms with E-state index in [1.54, 1.807) is 6.07 Å². The third kappa shape index (κ3) is 3.40. The highest BCUT2D eigenvalue weighted by Crippen LogP contribution is 2.32. The van der Waals surface area contributed by atoms with Crippen LogP contribution >= 0.6 is 0 Å². The topological polar surface area (TPSA) is 56.3 Å². The van der Waals surface area contributed by atoms with Gasteiger partial charge in [0.15, 0.2) is 6.61 Å². The Balaban J connectivity index is 1.66. The number of ketones is 1. The molecule has 2 aromatic carbocycles. The van der Waals surface area contributed by atoms with Gasteiger partial charge in [-0.3, -0.25) is 9.78 Å². The van der Waals surface area contributed by atoms with Gasteiger partial charge in [0.05, 0.1) is 16.6 Å². The summed E-state index contributed by atoms with van der Waals surface area (Å²) in [5.74, 6) is -1.30. The predicted molar refractivity (Wildman–Crippen MR) is 104 cm³/mol. The summed E-state index contributed by atoms with van der Waals surface area (Å²) in [5, 5.41) is 0.721. The number of pyridine rings is 1. The molecule has 0 N–H and O–H groups in total. The number of aryl methyl sites for hydroxylation is 1. The molecule has 0 saturated carbocycles. The highest BCUT2D eigenvalue weighted by molar-refractivity contribution is 6.06. The van der Waals surface area contributed by atoms with Crippen molar-refractivity contribution in [2.24, 2.45) is 5.92 Å². The van der Waals surface area contributed by atoms with Crippen molar-refractivity contribution in [3.8, 4) is 0 Å². The number of carbonyl (C=O) groups is 2. The third-order valence-corrected chi connectivity index (χ3v) is 5.22. The van der Waals surface area contributed by atoms with Crippen LogP contribution in [0.3, 0.4) is 0 Å². The monoisotopic (exact) mass is 377 g/mol. The minimum absolute atomic E-state index is 0.0782. The van der Waals surface area contributed by atoms with Crippen LogP contribution in [0.2, 0.25) is 0 Å². The first-order valence-electron chi connectivity index (χ1n) is 9.40. The van der Waals surface area contributed by atoms with Crippen molar-refractivity contribution >= 4 is 22.7 Å². The molecule has 0 radical (unpaired) electrons. The maximum absolute atomic E-state index is 13.8. The Bertz CT molecular complexity index is 1080. The average Bonchev–Trinajstić information content (AvgIpc) is 2.70. The van der Waals surface area contributed by atoms with E-state index in [0.29, 0.717) is 11.5 Å². The van der Waals surface area contributed by atoms with E-state index in [0.717, 1.165) is 41.4 Å². The van der Waals surface area contributed by atoms with Crippen molar-refractivity contribution in [1.82, 2.24) is 4.98 Å². The molecule has 5 heteroatoms. The smallest absolute Gasteiger partial charge is 0.339 e. The van der Waals surface area contributed by atoms with Gasteiger partial charge in [0.2, 0.25) is 5.78 Å². The van der Waals surface area contributed by atoms with Crippen molar-refractivity contribution in [2.45, 2.75) is 26.2 Å². The number of nitrogens with zero attached hydrogens (tertiary/aromatic N) is 1. The molecule has 1 aliphatic carbocycles. The number of carbonyl (C=O) groups excluding carboxylic acids is 2. The second-order valence-corrected chi connectivity index (χ2v) is 7.26. The van der Waals surface area contributed by atoms with Crippen LogP contribution in [-0.2, 0) is 17.6 Å². The molecule has 1 atom stereocenters. The van der Waals surface area contributed by atoms with E-state index in [1.807, 2.05) is 24.3 Å². The largest absolute Gasteiger partial charge is 0.454 e. The Kier molecular flexibility index (Phi) is 4.90. The summed E-state index contributed by atoms with van der Waals surface area (Å²) in [4.78, 5) is 30.0. The van der Waals surface area contributed by atoms with Gasteiger partial charge in [0.1, 0.15) is 5.82 Å². The molecule has 4 rings (SSSR count). The lowest BCUT2D eigenvalue weighted by Crippen LogP contribution is -2.21. The van der Waals surface area contributed by atoms with Crippen molar-refractivity contribution in [1.29, 1.82) is 0 Å². The van der Waals surface area contributed by atoms with Gasteiger partial charge < -0.3 is 4.74 Å². The number of halogens is 1. The number of benzene rings is 2. The summed E-state index contributed by atoms with van der Waals surface area (Å²) < 4.78 is 19.1. The zero-order valence-corrected chi connectivity index (χ0v) is 15.6. The first-order valence-corrected chi connectivity index (χ1v) is 9.40. The molecule has 0 fully saturated rings. The number of para-hydroxylation sites is 1. The summed E-state index contributed by atoms with van der Waals surface area (Å²) in [6, 6.07) is 13.1. The maximum Gasteiger partial charge on any atom is 0.339 e. The zero-order chi connectivity index (χ0) is 19.7. The summed E-state index contributed by atoms with van der Waals surface area (Å²) in [6.07, 6.45) is 2.59. The number of rotatable bonds is 4. The van der Waals surface area contributed by atoms with Gasteiger partial charge >= 0.3 is 5.97 Å². The predicted octanol–water partition coefficient (Wildman–Crippen LogP) is 4.54. The Hall–Kier alpha value is -3.08. The number of ether oxygens (including phenoxy) is 1. The lowest BCUT2D eigenvalue weighted by atomic mass is 9.84. The van der Waals surface area contributed by atoms with Crippen LogP contribution in [0.4, 0.5) is 4.39 Å². The van der Waals surface area contributed by atoms with Crippen molar-refractivity contribution in [3.05, 3.63) is 76.7 Å². The Labute approximate surface area is 162 Å². The van der Waals surface area contributed by atoms with Gasteiger partial charge in [-0.1, -0.05) is 37.3 Å². The van der Waals surface area contributed by atoms with E-state index in [2.05, 4.69) is 6.92 Å². The van der Waals surface area contributed by atoms with E-state index in [4.69, 9.17) is 9.72 Å². The normalized spacial score (nSPS) is 15.9. The zero-order valence-electron chi connectivity index (χ0n) is 15.6. The van der Waals surface area contributed by atoms with E-state index in [1.165, 1.54) is 18.2 Å². The second kappa shape index (κ2) is 7.50. The van der Waals surface area contributed by atoms with Crippen LogP contribution < -0.4 is 0 Å². The van der Waals surface area contributed by atoms with Crippen molar-refractivity contribution in [3.63, 3.8) is 0 Å². The standard InChI is InChI=1S/C23H20FNO3/c1-14-10-11-20-17(12-14)22(16-7-3-5-9-19(16)25-20)23(27)28-13-21(26)15-6-2-4-8-18(15)24/h2-9,14H,10-13H2,1H3/t14-/m1/s1. The van der Waals surface area contributed by atoms with E-state index in [9.17, 15) is 14.0 Å². The van der Waals surface area contributed by atoms with E-state index in [-0.39, 0.29) is 5.56 Å². The number of Topliss-reactive ketones (excluding diaryl/α,β-unsaturated/α-hetero) is 1. The van der Waals surface area contributed by atoms with Crippen LogP contribution in [0.5, 0.6) is 0 Å². The summed E-state index contributed by atoms with van der Waals surface area (Å²) in [6.45, 7) is 1.65. The number of hydrogen-bond acceptors (Lipinski definition) is 4. The molecule has 1 aromatic heterocycles. The van der Waals surface area contributed by atoms with Gasteiger partial charge in [-0.15, -0.1) is 0 Å². The number of aromatic nitrogens is 1. The van der Waals surface area contributed by atoms with Crippen LogP contribution in [0.1, 0.15) is 45.3 Å². The first kappa shape index (κ1) is 18.3. The quantitative estimate of drug-likeness (QED) is 0.495. The summed E-state index contributed by atoms with van der Waals surface area (Å²) >= 11 is 0. The highest BCUT2D eigenvalue weighted by atomic mass is 19.1. The highest BCUT2D eigenvalue weighted by Gasteiger charge is 2.26. The molecule has 0 spiro atoms. The molecule has 0 bridgehead atoms. The third-order valence-electron chi connectivity index (χ3n) is 5.22. The van der Waals surface area contributed by atoms with Crippen molar-refractivity contribution in [2.75, 3.05) is 6.61 Å². The lowest BCUT2D eigenvalue weighted by molar-refractivity contribution is 0.0474. The van der Waals surface area contributed by atoms with Gasteiger partial charge in [0.25, 0.3) is 0 Å². The van der Waals surface area contributed by atoms with Crippen LogP contribution in [-0.4, -0.2) is 23.3 Å². The van der Waals surface area contributed by atoms with Gasteiger partial charge in [-0.05, 0) is 48.9 Å².